The monoisotopic (exact) mass is 378 g/mol. The van der Waals surface area contributed by atoms with Crippen molar-refractivity contribution in [1.82, 2.24) is 0 Å². The molecule has 0 unspecified atom stereocenters. The molecule has 0 aromatic rings. The Balaban J connectivity index is 1.60. The molecule has 0 saturated heterocycles. The third-order valence-corrected chi connectivity index (χ3v) is 10.00. The second kappa shape index (κ2) is 6.73. The molecule has 0 heterocycles. The van der Waals surface area contributed by atoms with E-state index in [4.69, 9.17) is 0 Å². The molecule has 0 amide bonds. The van der Waals surface area contributed by atoms with Gasteiger partial charge in [0.25, 0.3) is 0 Å². The molecule has 4 saturated carbocycles. The van der Waals surface area contributed by atoms with Crippen molar-refractivity contribution >= 4 is 5.97 Å². The minimum atomic E-state index is -0.716. The summed E-state index contributed by atoms with van der Waals surface area (Å²) in [5.74, 6) is 2.07. The fourth-order valence-electron chi connectivity index (χ4n) is 8.58. The number of fused-ring (bicyclic) bond motifs is 5. The average Bonchev–Trinajstić information content (AvgIpc) is 2.95. The molecule has 4 aliphatic rings. The zero-order valence-corrected chi connectivity index (χ0v) is 17.2. The molecule has 0 spiro atoms. The number of hydrogen-bond acceptors (Lipinski definition) is 3. The Morgan fingerprint density at radius 2 is 1.78 bits per heavy atom. The number of aliphatic hydroxyl groups excluding tert-OH is 2. The van der Waals surface area contributed by atoms with Gasteiger partial charge in [-0.05, 0) is 97.7 Å². The third-order valence-electron chi connectivity index (χ3n) is 10.00. The van der Waals surface area contributed by atoms with Crippen molar-refractivity contribution in [1.29, 1.82) is 0 Å². The zero-order chi connectivity index (χ0) is 19.6. The topological polar surface area (TPSA) is 77.8 Å². The zero-order valence-electron chi connectivity index (χ0n) is 17.2. The van der Waals surface area contributed by atoms with Gasteiger partial charge < -0.3 is 15.3 Å². The summed E-state index contributed by atoms with van der Waals surface area (Å²) in [6.45, 7) is 6.79. The van der Waals surface area contributed by atoms with Crippen LogP contribution in [0.15, 0.2) is 0 Å². The minimum absolute atomic E-state index is 0.125. The standard InChI is InChI=1S/C23H38O4/c1-13(10-21(26)27)17-6-7-18-16-5-4-14-11-15(24)8-9-22(14,2)19(16)12-20(25)23(17,18)3/h13-20,24-25H,4-12H2,1-3H3,(H,26,27)/t13-,14-,15-,16-,17-,18-,19-,20+,22+,23-/m1/s1. The molecule has 27 heavy (non-hydrogen) atoms. The lowest BCUT2D eigenvalue weighted by Gasteiger charge is -2.62. The summed E-state index contributed by atoms with van der Waals surface area (Å²) in [4.78, 5) is 11.3. The second-order valence-electron chi connectivity index (χ2n) is 11.0. The van der Waals surface area contributed by atoms with Gasteiger partial charge in [-0.25, -0.2) is 0 Å². The lowest BCUT2D eigenvalue weighted by Crippen LogP contribution is -2.58. The molecule has 0 bridgehead atoms. The molecule has 4 fully saturated rings. The van der Waals surface area contributed by atoms with Crippen LogP contribution in [0.1, 0.15) is 78.6 Å². The first-order valence-corrected chi connectivity index (χ1v) is 11.3. The van der Waals surface area contributed by atoms with Crippen molar-refractivity contribution in [2.24, 2.45) is 46.3 Å². The van der Waals surface area contributed by atoms with Gasteiger partial charge in [0.1, 0.15) is 0 Å². The summed E-state index contributed by atoms with van der Waals surface area (Å²) in [7, 11) is 0. The first-order chi connectivity index (χ1) is 12.7. The summed E-state index contributed by atoms with van der Waals surface area (Å²) >= 11 is 0. The summed E-state index contributed by atoms with van der Waals surface area (Å²) in [5.41, 5.74) is 0.128. The molecule has 4 nitrogen and oxygen atoms in total. The Labute approximate surface area is 163 Å². The predicted octanol–water partition coefficient (Wildman–Crippen LogP) is 4.09. The molecule has 4 rings (SSSR count). The Bertz CT molecular complexity index is 591. The van der Waals surface area contributed by atoms with Crippen molar-refractivity contribution in [3.63, 3.8) is 0 Å². The SMILES string of the molecule is C[C@H](CC(=O)O)[C@H]1CC[C@@H]2[C@H]3CC[C@@H]4C[C@H](O)CC[C@]4(C)[C@@H]3C[C@H](O)[C@@]21C. The summed E-state index contributed by atoms with van der Waals surface area (Å²) in [6.07, 6.45) is 8.22. The highest BCUT2D eigenvalue weighted by molar-refractivity contribution is 5.67. The summed E-state index contributed by atoms with van der Waals surface area (Å²) in [5, 5.41) is 30.8. The van der Waals surface area contributed by atoms with Gasteiger partial charge in [-0.15, -0.1) is 0 Å². The molecular weight excluding hydrogens is 340 g/mol. The largest absolute Gasteiger partial charge is 0.481 e. The van der Waals surface area contributed by atoms with Crippen LogP contribution in [0.3, 0.4) is 0 Å². The van der Waals surface area contributed by atoms with E-state index in [-0.39, 0.29) is 35.4 Å². The predicted molar refractivity (Wildman–Crippen MR) is 104 cm³/mol. The number of carbonyl (C=O) groups is 1. The highest BCUT2D eigenvalue weighted by Crippen LogP contribution is 2.68. The highest BCUT2D eigenvalue weighted by atomic mass is 16.4. The average molecular weight is 379 g/mol. The molecule has 4 heteroatoms. The number of aliphatic hydroxyl groups is 2. The fourth-order valence-corrected chi connectivity index (χ4v) is 8.58. The molecular formula is C23H38O4. The van der Waals surface area contributed by atoms with Gasteiger partial charge in [-0.3, -0.25) is 4.79 Å². The van der Waals surface area contributed by atoms with Crippen molar-refractivity contribution in [3.8, 4) is 0 Å². The molecule has 0 aliphatic heterocycles. The van der Waals surface area contributed by atoms with E-state index in [9.17, 15) is 20.1 Å². The fraction of sp³-hybridized carbons (Fsp3) is 0.957. The normalized spacial score (nSPS) is 53.1. The van der Waals surface area contributed by atoms with E-state index in [0.717, 1.165) is 38.5 Å². The van der Waals surface area contributed by atoms with Crippen LogP contribution >= 0.6 is 0 Å². The van der Waals surface area contributed by atoms with Gasteiger partial charge in [0, 0.05) is 6.42 Å². The van der Waals surface area contributed by atoms with Crippen LogP contribution in [0.25, 0.3) is 0 Å². The van der Waals surface area contributed by atoms with Gasteiger partial charge in [-0.2, -0.15) is 0 Å². The van der Waals surface area contributed by atoms with Crippen molar-refractivity contribution in [2.75, 3.05) is 0 Å². The van der Waals surface area contributed by atoms with Crippen molar-refractivity contribution in [2.45, 2.75) is 90.8 Å². The minimum Gasteiger partial charge on any atom is -0.481 e. The maximum atomic E-state index is 11.4. The van der Waals surface area contributed by atoms with Gasteiger partial charge >= 0.3 is 5.97 Å². The molecule has 4 aliphatic carbocycles. The van der Waals surface area contributed by atoms with Gasteiger partial charge in [0.2, 0.25) is 0 Å². The van der Waals surface area contributed by atoms with Crippen molar-refractivity contribution in [3.05, 3.63) is 0 Å². The smallest absolute Gasteiger partial charge is 0.303 e. The number of aliphatic carboxylic acids is 1. The van der Waals surface area contributed by atoms with E-state index in [1.807, 2.05) is 0 Å². The van der Waals surface area contributed by atoms with Crippen LogP contribution in [0.2, 0.25) is 0 Å². The Morgan fingerprint density at radius 3 is 2.48 bits per heavy atom. The molecule has 154 valence electrons. The van der Waals surface area contributed by atoms with Crippen molar-refractivity contribution < 1.29 is 20.1 Å². The van der Waals surface area contributed by atoms with Crippen LogP contribution in [0, 0.1) is 46.3 Å². The van der Waals surface area contributed by atoms with E-state index < -0.39 is 5.97 Å². The maximum Gasteiger partial charge on any atom is 0.303 e. The highest BCUT2D eigenvalue weighted by Gasteiger charge is 2.63. The van der Waals surface area contributed by atoms with Crippen LogP contribution in [-0.4, -0.2) is 33.5 Å². The van der Waals surface area contributed by atoms with Crippen LogP contribution < -0.4 is 0 Å². The molecule has 0 aromatic heterocycles. The lowest BCUT2D eigenvalue weighted by atomic mass is 9.43. The van der Waals surface area contributed by atoms with E-state index in [1.54, 1.807) is 0 Å². The van der Waals surface area contributed by atoms with Gasteiger partial charge in [-0.1, -0.05) is 20.8 Å². The van der Waals surface area contributed by atoms with E-state index >= 15 is 0 Å². The number of carboxylic acids is 1. The second-order valence-corrected chi connectivity index (χ2v) is 11.0. The van der Waals surface area contributed by atoms with E-state index in [2.05, 4.69) is 20.8 Å². The Morgan fingerprint density at radius 1 is 1.04 bits per heavy atom. The molecule has 10 atom stereocenters. The third kappa shape index (κ3) is 2.88. The van der Waals surface area contributed by atoms with E-state index in [0.29, 0.717) is 29.6 Å². The lowest BCUT2D eigenvalue weighted by molar-refractivity contribution is -0.175. The number of carboxylic acid groups (broad SMARTS) is 1. The van der Waals surface area contributed by atoms with Crippen LogP contribution in [-0.2, 0) is 4.79 Å². The first kappa shape index (κ1) is 19.7. The number of hydrogen-bond donors (Lipinski definition) is 3. The van der Waals surface area contributed by atoms with Gasteiger partial charge in [0.15, 0.2) is 0 Å². The quantitative estimate of drug-likeness (QED) is 0.691. The maximum absolute atomic E-state index is 11.4. The van der Waals surface area contributed by atoms with E-state index in [1.165, 1.54) is 12.8 Å². The summed E-state index contributed by atoms with van der Waals surface area (Å²) in [6, 6.07) is 0. The van der Waals surface area contributed by atoms with Crippen LogP contribution in [0.4, 0.5) is 0 Å². The molecule has 3 N–H and O–H groups in total. The Hall–Kier alpha value is -0.610. The number of rotatable bonds is 3. The van der Waals surface area contributed by atoms with Gasteiger partial charge in [0.05, 0.1) is 12.2 Å². The summed E-state index contributed by atoms with van der Waals surface area (Å²) < 4.78 is 0. The Kier molecular flexibility index (Phi) is 4.91. The van der Waals surface area contributed by atoms with Crippen LogP contribution in [0.5, 0.6) is 0 Å². The molecule has 0 radical (unpaired) electrons. The molecule has 0 aromatic carbocycles. The first-order valence-electron chi connectivity index (χ1n) is 11.3.